The third-order valence-corrected chi connectivity index (χ3v) is 4.06. The number of halogens is 2. The Balaban J connectivity index is 2.27. The first kappa shape index (κ1) is 15.5. The van der Waals surface area contributed by atoms with Crippen molar-refractivity contribution in [3.8, 4) is 11.8 Å². The van der Waals surface area contributed by atoms with Gasteiger partial charge in [0.15, 0.2) is 0 Å². The molecule has 0 saturated carbocycles. The molecule has 0 amide bonds. The lowest BCUT2D eigenvalue weighted by molar-refractivity contribution is 0.289. The maximum absolute atomic E-state index is 13.5. The first-order chi connectivity index (χ1) is 10.1. The molecule has 1 aromatic carbocycles. The molecule has 6 heteroatoms. The van der Waals surface area contributed by atoms with Crippen LogP contribution in [0.25, 0.3) is 0 Å². The molecule has 21 heavy (non-hydrogen) atoms. The van der Waals surface area contributed by atoms with Gasteiger partial charge in [0.25, 0.3) is 0 Å². The predicted octanol–water partition coefficient (Wildman–Crippen LogP) is 3.82. The maximum atomic E-state index is 13.5. The Hall–Kier alpha value is -1.87. The molecule has 1 aromatic heterocycles. The molecule has 4 nitrogen and oxygen atoms in total. The fourth-order valence-corrected chi connectivity index (χ4v) is 2.71. The minimum absolute atomic E-state index is 0.0769. The summed E-state index contributed by atoms with van der Waals surface area (Å²) in [6.45, 7) is 4.95. The predicted molar refractivity (Wildman–Crippen MR) is 80.4 cm³/mol. The van der Waals surface area contributed by atoms with Crippen LogP contribution < -0.4 is 4.74 Å². The Labute approximate surface area is 131 Å². The lowest BCUT2D eigenvalue weighted by atomic mass is 10.2. The van der Waals surface area contributed by atoms with Gasteiger partial charge in [0, 0.05) is 6.54 Å². The summed E-state index contributed by atoms with van der Waals surface area (Å²) in [4.78, 5) is 0. The average Bonchev–Trinajstić information content (AvgIpc) is 2.80. The van der Waals surface area contributed by atoms with E-state index in [9.17, 15) is 4.39 Å². The Morgan fingerprint density at radius 1 is 1.43 bits per heavy atom. The fourth-order valence-electron chi connectivity index (χ4n) is 2.03. The van der Waals surface area contributed by atoms with E-state index in [2.05, 4.69) is 21.0 Å². The summed E-state index contributed by atoms with van der Waals surface area (Å²) in [5, 5.41) is 13.5. The van der Waals surface area contributed by atoms with Crippen molar-refractivity contribution in [1.29, 1.82) is 5.26 Å². The van der Waals surface area contributed by atoms with E-state index in [0.29, 0.717) is 6.54 Å². The van der Waals surface area contributed by atoms with Gasteiger partial charge in [-0.25, -0.2) is 4.39 Å². The molecular weight excluding hydrogens is 337 g/mol. The Morgan fingerprint density at radius 2 is 2.19 bits per heavy atom. The Morgan fingerprint density at radius 3 is 2.81 bits per heavy atom. The van der Waals surface area contributed by atoms with Crippen molar-refractivity contribution in [2.45, 2.75) is 33.4 Å². The van der Waals surface area contributed by atoms with Crippen molar-refractivity contribution in [1.82, 2.24) is 9.78 Å². The summed E-state index contributed by atoms with van der Waals surface area (Å²) in [6.07, 6.45) is 0.810. The van der Waals surface area contributed by atoms with Gasteiger partial charge in [-0.15, -0.1) is 0 Å². The summed E-state index contributed by atoms with van der Waals surface area (Å²) >= 11 is 3.52. The second-order valence-electron chi connectivity index (χ2n) is 4.39. The summed E-state index contributed by atoms with van der Waals surface area (Å²) in [5.41, 5.74) is 1.75. The van der Waals surface area contributed by atoms with E-state index in [0.717, 1.165) is 22.3 Å². The molecule has 2 rings (SSSR count). The molecule has 0 unspecified atom stereocenters. The van der Waals surface area contributed by atoms with Crippen LogP contribution in [0.5, 0.6) is 5.75 Å². The number of ether oxygens (including phenoxy) is 1. The number of aromatic nitrogens is 2. The van der Waals surface area contributed by atoms with Gasteiger partial charge in [-0.3, -0.25) is 4.68 Å². The lowest BCUT2D eigenvalue weighted by Gasteiger charge is -2.10. The average molecular weight is 352 g/mol. The molecule has 0 aliphatic carbocycles. The van der Waals surface area contributed by atoms with E-state index in [1.807, 2.05) is 24.6 Å². The number of hydrogen-bond donors (Lipinski definition) is 0. The third-order valence-electron chi connectivity index (χ3n) is 3.15. The van der Waals surface area contributed by atoms with Crippen LogP contribution in [0.1, 0.15) is 30.8 Å². The Kier molecular flexibility index (Phi) is 4.97. The molecule has 2 aromatic rings. The molecule has 0 fully saturated rings. The first-order valence-corrected chi connectivity index (χ1v) is 7.47. The summed E-state index contributed by atoms with van der Waals surface area (Å²) in [6, 6.07) is 6.18. The second-order valence-corrected chi connectivity index (χ2v) is 5.18. The second kappa shape index (κ2) is 6.72. The molecule has 0 spiro atoms. The molecule has 0 atom stereocenters. The normalized spacial score (nSPS) is 10.4. The zero-order valence-corrected chi connectivity index (χ0v) is 13.4. The van der Waals surface area contributed by atoms with Crippen LogP contribution in [-0.4, -0.2) is 9.78 Å². The van der Waals surface area contributed by atoms with E-state index < -0.39 is 5.82 Å². The van der Waals surface area contributed by atoms with Crippen LogP contribution in [0.15, 0.2) is 22.7 Å². The molecule has 1 heterocycles. The molecule has 110 valence electrons. The maximum Gasteiger partial charge on any atom is 0.144 e. The zero-order valence-electron chi connectivity index (χ0n) is 11.9. The number of nitrogens with zero attached hydrogens (tertiary/aromatic N) is 3. The first-order valence-electron chi connectivity index (χ1n) is 6.67. The lowest BCUT2D eigenvalue weighted by Crippen LogP contribution is -2.07. The standard InChI is InChI=1S/C15H15BrFN3O/c1-3-12-15(16)13(20(4-2)19-12)9-21-14-7-5-6-11(17)10(14)8-18/h5-7H,3-4,9H2,1-2H3. The van der Waals surface area contributed by atoms with Gasteiger partial charge in [-0.05, 0) is 41.4 Å². The van der Waals surface area contributed by atoms with Crippen LogP contribution in [0.2, 0.25) is 0 Å². The highest BCUT2D eigenvalue weighted by Gasteiger charge is 2.16. The van der Waals surface area contributed by atoms with E-state index in [1.165, 1.54) is 12.1 Å². The van der Waals surface area contributed by atoms with Crippen molar-refractivity contribution in [2.24, 2.45) is 0 Å². The summed E-state index contributed by atoms with van der Waals surface area (Å²) < 4.78 is 21.9. The molecule has 0 saturated heterocycles. The largest absolute Gasteiger partial charge is 0.486 e. The number of nitriles is 1. The number of rotatable bonds is 5. The zero-order chi connectivity index (χ0) is 15.4. The summed E-state index contributed by atoms with van der Waals surface area (Å²) in [5.74, 6) is -0.335. The smallest absolute Gasteiger partial charge is 0.144 e. The number of benzene rings is 1. The minimum atomic E-state index is -0.577. The highest BCUT2D eigenvalue weighted by atomic mass is 79.9. The van der Waals surface area contributed by atoms with Crippen LogP contribution >= 0.6 is 15.9 Å². The van der Waals surface area contributed by atoms with Gasteiger partial charge >= 0.3 is 0 Å². The van der Waals surface area contributed by atoms with E-state index in [1.54, 1.807) is 6.07 Å². The molecule has 0 aliphatic rings. The van der Waals surface area contributed by atoms with Gasteiger partial charge in [-0.2, -0.15) is 10.4 Å². The van der Waals surface area contributed by atoms with Gasteiger partial charge in [0.2, 0.25) is 0 Å². The molecule has 0 N–H and O–H groups in total. The molecule has 0 radical (unpaired) electrons. The van der Waals surface area contributed by atoms with Crippen LogP contribution in [0, 0.1) is 17.1 Å². The third kappa shape index (κ3) is 3.08. The quantitative estimate of drug-likeness (QED) is 0.822. The highest BCUT2D eigenvalue weighted by molar-refractivity contribution is 9.10. The van der Waals surface area contributed by atoms with Crippen molar-refractivity contribution in [2.75, 3.05) is 0 Å². The monoisotopic (exact) mass is 351 g/mol. The minimum Gasteiger partial charge on any atom is -0.486 e. The van der Waals surface area contributed by atoms with Gasteiger partial charge < -0.3 is 4.74 Å². The van der Waals surface area contributed by atoms with E-state index in [4.69, 9.17) is 10.00 Å². The van der Waals surface area contributed by atoms with Gasteiger partial charge in [0.1, 0.15) is 29.8 Å². The highest BCUT2D eigenvalue weighted by Crippen LogP contribution is 2.26. The van der Waals surface area contributed by atoms with Crippen molar-refractivity contribution < 1.29 is 9.13 Å². The molecule has 0 aliphatic heterocycles. The van der Waals surface area contributed by atoms with E-state index in [-0.39, 0.29) is 17.9 Å². The van der Waals surface area contributed by atoms with Crippen LogP contribution in [0.4, 0.5) is 4.39 Å². The molecular formula is C15H15BrFN3O. The van der Waals surface area contributed by atoms with Gasteiger partial charge in [-0.1, -0.05) is 13.0 Å². The van der Waals surface area contributed by atoms with Gasteiger partial charge in [0.05, 0.1) is 15.9 Å². The topological polar surface area (TPSA) is 50.8 Å². The van der Waals surface area contributed by atoms with Crippen LogP contribution in [-0.2, 0) is 19.6 Å². The number of aryl methyl sites for hydroxylation is 2. The van der Waals surface area contributed by atoms with Crippen molar-refractivity contribution in [3.63, 3.8) is 0 Å². The Bertz CT molecular complexity index is 691. The number of hydrogen-bond acceptors (Lipinski definition) is 3. The molecule has 0 bridgehead atoms. The van der Waals surface area contributed by atoms with Crippen LogP contribution in [0.3, 0.4) is 0 Å². The van der Waals surface area contributed by atoms with Crippen molar-refractivity contribution in [3.05, 3.63) is 45.4 Å². The fraction of sp³-hybridized carbons (Fsp3) is 0.333. The van der Waals surface area contributed by atoms with E-state index >= 15 is 0 Å². The summed E-state index contributed by atoms with van der Waals surface area (Å²) in [7, 11) is 0. The van der Waals surface area contributed by atoms with Crippen molar-refractivity contribution >= 4 is 15.9 Å². The SMILES string of the molecule is CCc1nn(CC)c(COc2cccc(F)c2C#N)c1Br.